The Morgan fingerprint density at radius 3 is 2.92 bits per heavy atom. The van der Waals surface area contributed by atoms with Gasteiger partial charge in [0, 0.05) is 43.3 Å². The quantitative estimate of drug-likeness (QED) is 0.842. The molecule has 7 nitrogen and oxygen atoms in total. The van der Waals surface area contributed by atoms with E-state index in [0.29, 0.717) is 24.9 Å². The number of pyridine rings is 1. The number of carbonyl (C=O) groups is 1. The fourth-order valence-electron chi connectivity index (χ4n) is 3.26. The van der Waals surface area contributed by atoms with Crippen LogP contribution in [0, 0.1) is 5.92 Å². The SMILES string of the molecule is CCn1ccc(C(=O)N[C@@H]2CC(Cn3cccn3)C[C@H]2O)cc1=O. The van der Waals surface area contributed by atoms with Crippen LogP contribution in [0.5, 0.6) is 0 Å². The van der Waals surface area contributed by atoms with Gasteiger partial charge in [-0.2, -0.15) is 5.10 Å². The Morgan fingerprint density at radius 1 is 1.42 bits per heavy atom. The van der Waals surface area contributed by atoms with E-state index in [2.05, 4.69) is 10.4 Å². The highest BCUT2D eigenvalue weighted by atomic mass is 16.3. The van der Waals surface area contributed by atoms with E-state index in [9.17, 15) is 14.7 Å². The van der Waals surface area contributed by atoms with Gasteiger partial charge in [0.05, 0.1) is 12.1 Å². The van der Waals surface area contributed by atoms with E-state index < -0.39 is 6.10 Å². The van der Waals surface area contributed by atoms with E-state index in [0.717, 1.165) is 6.54 Å². The molecule has 0 saturated heterocycles. The number of hydrogen-bond donors (Lipinski definition) is 2. The van der Waals surface area contributed by atoms with Crippen LogP contribution in [0.25, 0.3) is 0 Å². The van der Waals surface area contributed by atoms with Crippen molar-refractivity contribution in [3.8, 4) is 0 Å². The summed E-state index contributed by atoms with van der Waals surface area (Å²) < 4.78 is 3.37. The summed E-state index contributed by atoms with van der Waals surface area (Å²) in [6.45, 7) is 3.16. The van der Waals surface area contributed by atoms with Gasteiger partial charge in [0.15, 0.2) is 0 Å². The number of nitrogens with one attached hydrogen (secondary N) is 1. The Kier molecular flexibility index (Phi) is 4.80. The number of aryl methyl sites for hydroxylation is 1. The molecule has 0 aliphatic heterocycles. The summed E-state index contributed by atoms with van der Waals surface area (Å²) in [5.41, 5.74) is 0.126. The summed E-state index contributed by atoms with van der Waals surface area (Å²) in [4.78, 5) is 24.2. The summed E-state index contributed by atoms with van der Waals surface area (Å²) in [6, 6.07) is 4.53. The van der Waals surface area contributed by atoms with Gasteiger partial charge in [-0.3, -0.25) is 14.3 Å². The number of amides is 1. The molecule has 0 radical (unpaired) electrons. The third-order valence-electron chi connectivity index (χ3n) is 4.55. The minimum Gasteiger partial charge on any atom is -0.391 e. The fourth-order valence-corrected chi connectivity index (χ4v) is 3.26. The smallest absolute Gasteiger partial charge is 0.251 e. The van der Waals surface area contributed by atoms with E-state index >= 15 is 0 Å². The normalized spacial score (nSPS) is 23.3. The Morgan fingerprint density at radius 2 is 2.25 bits per heavy atom. The van der Waals surface area contributed by atoms with Crippen LogP contribution >= 0.6 is 0 Å². The van der Waals surface area contributed by atoms with Gasteiger partial charge in [-0.1, -0.05) is 0 Å². The zero-order valence-electron chi connectivity index (χ0n) is 13.6. The minimum atomic E-state index is -0.578. The molecule has 2 N–H and O–H groups in total. The van der Waals surface area contributed by atoms with Crippen LogP contribution in [0.3, 0.4) is 0 Å². The largest absolute Gasteiger partial charge is 0.391 e. The monoisotopic (exact) mass is 330 g/mol. The van der Waals surface area contributed by atoms with E-state index in [1.807, 2.05) is 23.9 Å². The summed E-state index contributed by atoms with van der Waals surface area (Å²) in [7, 11) is 0. The number of carbonyl (C=O) groups excluding carboxylic acids is 1. The van der Waals surface area contributed by atoms with Gasteiger partial charge in [-0.05, 0) is 37.8 Å². The molecule has 3 atom stereocenters. The second-order valence-corrected chi connectivity index (χ2v) is 6.25. The molecule has 1 aliphatic carbocycles. The highest BCUT2D eigenvalue weighted by molar-refractivity contribution is 5.94. The fraction of sp³-hybridized carbons (Fsp3) is 0.471. The lowest BCUT2D eigenvalue weighted by Crippen LogP contribution is -2.40. The molecule has 24 heavy (non-hydrogen) atoms. The van der Waals surface area contributed by atoms with Crippen molar-refractivity contribution in [2.75, 3.05) is 0 Å². The molecule has 0 bridgehead atoms. The molecule has 128 valence electrons. The van der Waals surface area contributed by atoms with Crippen molar-refractivity contribution in [3.05, 3.63) is 52.7 Å². The molecular weight excluding hydrogens is 308 g/mol. The van der Waals surface area contributed by atoms with Gasteiger partial charge in [0.25, 0.3) is 11.5 Å². The lowest BCUT2D eigenvalue weighted by molar-refractivity contribution is 0.0872. The minimum absolute atomic E-state index is 0.200. The number of rotatable bonds is 5. The van der Waals surface area contributed by atoms with Crippen LogP contribution in [-0.4, -0.2) is 37.5 Å². The first-order chi connectivity index (χ1) is 11.6. The molecule has 1 aliphatic rings. The number of aliphatic hydroxyl groups is 1. The summed E-state index contributed by atoms with van der Waals surface area (Å²) in [6.07, 6.45) is 5.97. The van der Waals surface area contributed by atoms with Crippen molar-refractivity contribution in [2.45, 2.75) is 45.0 Å². The third kappa shape index (κ3) is 3.56. The summed E-state index contributed by atoms with van der Waals surface area (Å²) in [5.74, 6) is -0.0579. The van der Waals surface area contributed by atoms with Crippen LogP contribution in [0.1, 0.15) is 30.1 Å². The zero-order valence-corrected chi connectivity index (χ0v) is 13.6. The van der Waals surface area contributed by atoms with Crippen molar-refractivity contribution in [2.24, 2.45) is 5.92 Å². The Labute approximate surface area is 139 Å². The molecule has 1 unspecified atom stereocenters. The van der Waals surface area contributed by atoms with Gasteiger partial charge in [0.2, 0.25) is 0 Å². The Bertz CT molecular complexity index is 753. The van der Waals surface area contributed by atoms with Crippen LogP contribution in [0.4, 0.5) is 0 Å². The lowest BCUT2D eigenvalue weighted by atomic mass is 10.1. The maximum absolute atomic E-state index is 12.3. The summed E-state index contributed by atoms with van der Waals surface area (Å²) in [5, 5.41) is 17.2. The molecule has 3 rings (SSSR count). The van der Waals surface area contributed by atoms with E-state index in [1.165, 1.54) is 10.6 Å². The van der Waals surface area contributed by atoms with Crippen LogP contribution < -0.4 is 10.9 Å². The van der Waals surface area contributed by atoms with Crippen molar-refractivity contribution in [1.82, 2.24) is 19.7 Å². The van der Waals surface area contributed by atoms with Crippen LogP contribution in [-0.2, 0) is 13.1 Å². The molecule has 2 aromatic rings. The number of hydrogen-bond acceptors (Lipinski definition) is 4. The maximum atomic E-state index is 12.3. The molecular formula is C17H22N4O3. The molecule has 2 aromatic heterocycles. The summed E-state index contributed by atoms with van der Waals surface area (Å²) >= 11 is 0. The molecule has 1 fully saturated rings. The Hall–Kier alpha value is -2.41. The number of aliphatic hydroxyl groups excluding tert-OH is 1. The lowest BCUT2D eigenvalue weighted by Gasteiger charge is -2.16. The van der Waals surface area contributed by atoms with Crippen molar-refractivity contribution in [3.63, 3.8) is 0 Å². The van der Waals surface area contributed by atoms with Gasteiger partial charge < -0.3 is 15.0 Å². The van der Waals surface area contributed by atoms with Crippen LogP contribution in [0.15, 0.2) is 41.6 Å². The second-order valence-electron chi connectivity index (χ2n) is 6.25. The highest BCUT2D eigenvalue weighted by Gasteiger charge is 2.34. The third-order valence-corrected chi connectivity index (χ3v) is 4.55. The standard InChI is InChI=1S/C17H22N4O3/c1-2-20-7-4-13(10-16(20)23)17(24)19-14-8-12(9-15(14)22)11-21-6-3-5-18-21/h3-7,10,12,14-15,22H,2,8-9,11H2,1H3,(H,19,24)/t12?,14-,15-/m1/s1. The molecule has 1 saturated carbocycles. The predicted molar refractivity (Wildman–Crippen MR) is 88.6 cm³/mol. The average molecular weight is 330 g/mol. The predicted octanol–water partition coefficient (Wildman–Crippen LogP) is 0.634. The maximum Gasteiger partial charge on any atom is 0.251 e. The first kappa shape index (κ1) is 16.4. The highest BCUT2D eigenvalue weighted by Crippen LogP contribution is 2.27. The second kappa shape index (κ2) is 7.00. The molecule has 1 amide bonds. The number of nitrogens with zero attached hydrogens (tertiary/aromatic N) is 3. The molecule has 7 heteroatoms. The molecule has 2 heterocycles. The zero-order chi connectivity index (χ0) is 17.1. The number of aromatic nitrogens is 3. The van der Waals surface area contributed by atoms with Crippen molar-refractivity contribution < 1.29 is 9.90 Å². The Balaban J connectivity index is 1.62. The van der Waals surface area contributed by atoms with E-state index in [4.69, 9.17) is 0 Å². The van der Waals surface area contributed by atoms with Gasteiger partial charge >= 0.3 is 0 Å². The van der Waals surface area contributed by atoms with Gasteiger partial charge in [-0.15, -0.1) is 0 Å². The van der Waals surface area contributed by atoms with Crippen LogP contribution in [0.2, 0.25) is 0 Å². The first-order valence-electron chi connectivity index (χ1n) is 8.23. The van der Waals surface area contributed by atoms with E-state index in [-0.39, 0.29) is 23.4 Å². The first-order valence-corrected chi connectivity index (χ1v) is 8.23. The van der Waals surface area contributed by atoms with Gasteiger partial charge in [-0.25, -0.2) is 0 Å². The van der Waals surface area contributed by atoms with E-state index in [1.54, 1.807) is 18.5 Å². The van der Waals surface area contributed by atoms with Crippen molar-refractivity contribution >= 4 is 5.91 Å². The topological polar surface area (TPSA) is 89.2 Å². The van der Waals surface area contributed by atoms with Crippen molar-refractivity contribution in [1.29, 1.82) is 0 Å². The molecule has 0 spiro atoms. The molecule has 0 aromatic carbocycles. The average Bonchev–Trinajstić information content (AvgIpc) is 3.18. The van der Waals surface area contributed by atoms with Gasteiger partial charge in [0.1, 0.15) is 0 Å².